The zero-order valence-corrected chi connectivity index (χ0v) is 14.1. The summed E-state index contributed by atoms with van der Waals surface area (Å²) in [4.78, 5) is 10.6. The number of rotatable bonds is 11. The number of carboxylic acid groups (broad SMARTS) is 1. The molecule has 0 aliphatic carbocycles. The van der Waals surface area contributed by atoms with Gasteiger partial charge in [0.05, 0.1) is 6.61 Å². The number of unbranched alkanes of at least 4 members (excludes halogenated alkanes) is 6. The van der Waals surface area contributed by atoms with E-state index in [4.69, 9.17) is 9.84 Å². The predicted molar refractivity (Wildman–Crippen MR) is 89.6 cm³/mol. The first-order valence-corrected chi connectivity index (χ1v) is 8.48. The van der Waals surface area contributed by atoms with Crippen molar-refractivity contribution < 1.29 is 24.5 Å². The van der Waals surface area contributed by atoms with Gasteiger partial charge in [0.2, 0.25) is 5.75 Å². The summed E-state index contributed by atoms with van der Waals surface area (Å²) in [5.41, 5.74) is 0.885. The van der Waals surface area contributed by atoms with Crippen LogP contribution in [0.5, 0.6) is 17.2 Å². The number of hydrogen-bond donors (Lipinski definition) is 2. The van der Waals surface area contributed by atoms with Crippen LogP contribution in [0.3, 0.4) is 0 Å². The summed E-state index contributed by atoms with van der Waals surface area (Å²) in [5, 5.41) is 18.8. The van der Waals surface area contributed by atoms with Crippen molar-refractivity contribution in [2.24, 2.45) is 0 Å². The molecule has 1 aromatic carbocycles. The van der Waals surface area contributed by atoms with E-state index in [9.17, 15) is 9.90 Å². The van der Waals surface area contributed by atoms with Crippen molar-refractivity contribution in [2.75, 3.05) is 6.61 Å². The summed E-state index contributed by atoms with van der Waals surface area (Å²) in [7, 11) is 0. The molecule has 0 spiro atoms. The van der Waals surface area contributed by atoms with Gasteiger partial charge in [0.25, 0.3) is 0 Å². The van der Waals surface area contributed by atoms with Crippen LogP contribution in [0.15, 0.2) is 12.1 Å². The third-order valence-corrected chi connectivity index (χ3v) is 3.71. The van der Waals surface area contributed by atoms with E-state index in [0.717, 1.165) is 24.8 Å². The van der Waals surface area contributed by atoms with Crippen molar-refractivity contribution in [3.05, 3.63) is 17.7 Å². The van der Waals surface area contributed by atoms with E-state index in [1.165, 1.54) is 38.2 Å². The second-order valence-corrected chi connectivity index (χ2v) is 5.57. The third-order valence-electron chi connectivity index (χ3n) is 3.71. The van der Waals surface area contributed by atoms with E-state index in [0.29, 0.717) is 12.4 Å². The van der Waals surface area contributed by atoms with Crippen molar-refractivity contribution in [3.8, 4) is 17.2 Å². The predicted octanol–water partition coefficient (Wildman–Crippen LogP) is 5.14. The molecule has 0 fully saturated rings. The summed E-state index contributed by atoms with van der Waals surface area (Å²) in [5.74, 6) is -0.00352. The Morgan fingerprint density at radius 3 is 2.30 bits per heavy atom. The molecular weight excluding hydrogens is 296 g/mol. The molecule has 5 nitrogen and oxygen atoms in total. The highest BCUT2D eigenvalue weighted by molar-refractivity contribution is 5.65. The SMILES string of the molecule is CCCCCCCCCc1ccc(OC(=O)O)c(O)c1OCC. The smallest absolute Gasteiger partial charge is 0.502 e. The van der Waals surface area contributed by atoms with Gasteiger partial charge in [-0.3, -0.25) is 0 Å². The maximum Gasteiger partial charge on any atom is 0.511 e. The van der Waals surface area contributed by atoms with E-state index in [-0.39, 0.29) is 11.5 Å². The molecule has 0 aliphatic heterocycles. The molecule has 5 heteroatoms. The van der Waals surface area contributed by atoms with Gasteiger partial charge in [-0.2, -0.15) is 0 Å². The molecule has 0 heterocycles. The van der Waals surface area contributed by atoms with Crippen molar-refractivity contribution in [3.63, 3.8) is 0 Å². The van der Waals surface area contributed by atoms with Crippen LogP contribution in [0, 0.1) is 0 Å². The van der Waals surface area contributed by atoms with Gasteiger partial charge in [0.15, 0.2) is 11.5 Å². The molecule has 0 saturated carbocycles. The fourth-order valence-corrected chi connectivity index (χ4v) is 2.55. The first-order valence-electron chi connectivity index (χ1n) is 8.48. The Hall–Kier alpha value is -1.91. The molecule has 1 rings (SSSR count). The standard InChI is InChI=1S/C18H28O5/c1-3-5-6-7-8-9-10-11-14-12-13-15(23-18(20)21)16(19)17(14)22-4-2/h12-13,19H,3-11H2,1-2H3,(H,20,21). The number of benzene rings is 1. The van der Waals surface area contributed by atoms with Gasteiger partial charge in [-0.05, 0) is 31.4 Å². The van der Waals surface area contributed by atoms with Gasteiger partial charge < -0.3 is 19.7 Å². The van der Waals surface area contributed by atoms with Crippen LogP contribution >= 0.6 is 0 Å². The fraction of sp³-hybridized carbons (Fsp3) is 0.611. The largest absolute Gasteiger partial charge is 0.511 e. The highest BCUT2D eigenvalue weighted by Crippen LogP contribution is 2.39. The monoisotopic (exact) mass is 324 g/mol. The number of hydrogen-bond acceptors (Lipinski definition) is 4. The Labute approximate surface area is 138 Å². The number of phenols is 1. The van der Waals surface area contributed by atoms with Crippen LogP contribution in [0.25, 0.3) is 0 Å². The summed E-state index contributed by atoms with van der Waals surface area (Å²) in [6, 6.07) is 3.24. The number of aryl methyl sites for hydroxylation is 1. The maximum absolute atomic E-state index is 10.6. The molecule has 2 N–H and O–H groups in total. The van der Waals surface area contributed by atoms with Crippen LogP contribution in [0.4, 0.5) is 4.79 Å². The van der Waals surface area contributed by atoms with Gasteiger partial charge in [0, 0.05) is 0 Å². The minimum atomic E-state index is -1.46. The summed E-state index contributed by atoms with van der Waals surface area (Å²) >= 11 is 0. The molecule has 0 atom stereocenters. The van der Waals surface area contributed by atoms with E-state index in [1.54, 1.807) is 6.07 Å². The molecule has 0 saturated heterocycles. The van der Waals surface area contributed by atoms with Crippen molar-refractivity contribution in [2.45, 2.75) is 65.2 Å². The zero-order chi connectivity index (χ0) is 17.1. The molecule has 1 aromatic rings. The Kier molecular flexibility index (Phi) is 8.95. The molecule has 0 aliphatic rings. The van der Waals surface area contributed by atoms with Crippen LogP contribution in [-0.4, -0.2) is 23.0 Å². The molecule has 0 unspecified atom stereocenters. The summed E-state index contributed by atoms with van der Waals surface area (Å²) < 4.78 is 10.0. The van der Waals surface area contributed by atoms with E-state index in [1.807, 2.05) is 6.92 Å². The van der Waals surface area contributed by atoms with Crippen LogP contribution in [0.1, 0.15) is 64.4 Å². The minimum Gasteiger partial charge on any atom is -0.502 e. The fourth-order valence-electron chi connectivity index (χ4n) is 2.55. The Balaban J connectivity index is 2.60. The highest BCUT2D eigenvalue weighted by atomic mass is 16.7. The lowest BCUT2D eigenvalue weighted by Crippen LogP contribution is -2.05. The van der Waals surface area contributed by atoms with Crippen LogP contribution in [-0.2, 0) is 6.42 Å². The first kappa shape index (κ1) is 19.1. The summed E-state index contributed by atoms with van der Waals surface area (Å²) in [6.45, 7) is 4.43. The van der Waals surface area contributed by atoms with Gasteiger partial charge in [0.1, 0.15) is 0 Å². The molecular formula is C18H28O5. The Bertz CT molecular complexity index is 485. The molecule has 0 amide bonds. The van der Waals surface area contributed by atoms with E-state index >= 15 is 0 Å². The third kappa shape index (κ3) is 6.80. The molecule has 0 aromatic heterocycles. The van der Waals surface area contributed by atoms with Crippen LogP contribution in [0.2, 0.25) is 0 Å². The molecule has 0 bridgehead atoms. The van der Waals surface area contributed by atoms with Gasteiger partial charge in [-0.25, -0.2) is 4.79 Å². The number of phenolic OH excluding ortho intramolecular Hbond substituents is 1. The maximum atomic E-state index is 10.6. The quantitative estimate of drug-likeness (QED) is 0.335. The lowest BCUT2D eigenvalue weighted by atomic mass is 10.0. The topological polar surface area (TPSA) is 76.0 Å². The normalized spacial score (nSPS) is 10.5. The number of carbonyl (C=O) groups is 1. The van der Waals surface area contributed by atoms with Crippen molar-refractivity contribution in [1.29, 1.82) is 0 Å². The average molecular weight is 324 g/mol. The van der Waals surface area contributed by atoms with Crippen molar-refractivity contribution in [1.82, 2.24) is 0 Å². The van der Waals surface area contributed by atoms with Gasteiger partial charge in [-0.1, -0.05) is 51.5 Å². The lowest BCUT2D eigenvalue weighted by Gasteiger charge is -2.14. The van der Waals surface area contributed by atoms with E-state index < -0.39 is 6.16 Å². The number of aromatic hydroxyl groups is 1. The van der Waals surface area contributed by atoms with E-state index in [2.05, 4.69) is 11.7 Å². The highest BCUT2D eigenvalue weighted by Gasteiger charge is 2.16. The Morgan fingerprint density at radius 1 is 1.04 bits per heavy atom. The second-order valence-electron chi connectivity index (χ2n) is 5.57. The average Bonchev–Trinajstić information content (AvgIpc) is 2.51. The minimum absolute atomic E-state index is 0.0933. The van der Waals surface area contributed by atoms with Gasteiger partial charge in [-0.15, -0.1) is 0 Å². The second kappa shape index (κ2) is 10.8. The number of ether oxygens (including phenoxy) is 2. The Morgan fingerprint density at radius 2 is 1.70 bits per heavy atom. The van der Waals surface area contributed by atoms with Crippen molar-refractivity contribution >= 4 is 6.16 Å². The van der Waals surface area contributed by atoms with Crippen LogP contribution < -0.4 is 9.47 Å². The zero-order valence-electron chi connectivity index (χ0n) is 14.1. The molecule has 23 heavy (non-hydrogen) atoms. The molecule has 130 valence electrons. The lowest BCUT2D eigenvalue weighted by molar-refractivity contribution is 0.142. The summed E-state index contributed by atoms with van der Waals surface area (Å²) in [6.07, 6.45) is 7.83. The van der Waals surface area contributed by atoms with Gasteiger partial charge >= 0.3 is 6.16 Å². The first-order chi connectivity index (χ1) is 11.1. The molecule has 0 radical (unpaired) electrons.